The maximum Gasteiger partial charge on any atom is 0.131 e. The van der Waals surface area contributed by atoms with E-state index in [-0.39, 0.29) is 11.9 Å². The van der Waals surface area contributed by atoms with E-state index in [2.05, 4.69) is 0 Å². The van der Waals surface area contributed by atoms with E-state index in [0.29, 0.717) is 5.56 Å². The zero-order valence-corrected chi connectivity index (χ0v) is 10.1. The van der Waals surface area contributed by atoms with Crippen molar-refractivity contribution in [1.29, 1.82) is 0 Å². The second kappa shape index (κ2) is 4.54. The number of hydrogen-bond acceptors (Lipinski definition) is 1. The second-order valence-electron chi connectivity index (χ2n) is 4.80. The van der Waals surface area contributed by atoms with Crippen molar-refractivity contribution in [2.24, 2.45) is 0 Å². The molecular weight excluding hydrogens is 227 g/mol. The zero-order valence-electron chi connectivity index (χ0n) is 10.1. The van der Waals surface area contributed by atoms with Gasteiger partial charge in [-0.2, -0.15) is 0 Å². The molecule has 92 valence electrons. The molecule has 0 radical (unpaired) electrons. The minimum absolute atomic E-state index is 0.200. The molecule has 1 atom stereocenters. The number of benzene rings is 2. The molecule has 2 heteroatoms. The van der Waals surface area contributed by atoms with E-state index in [1.165, 1.54) is 6.07 Å². The molecule has 0 aromatic heterocycles. The van der Waals surface area contributed by atoms with Crippen LogP contribution >= 0.6 is 0 Å². The molecule has 0 amide bonds. The molecule has 0 bridgehead atoms. The van der Waals surface area contributed by atoms with Crippen LogP contribution in [0, 0.1) is 5.82 Å². The number of rotatable bonds is 1. The van der Waals surface area contributed by atoms with Gasteiger partial charge >= 0.3 is 0 Å². The highest BCUT2D eigenvalue weighted by Crippen LogP contribution is 2.33. The first-order chi connectivity index (χ1) is 8.75. The van der Waals surface area contributed by atoms with Crippen LogP contribution < -0.4 is 0 Å². The summed E-state index contributed by atoms with van der Waals surface area (Å²) in [5.74, 6) is -0.200. The minimum Gasteiger partial charge on any atom is -0.388 e. The highest BCUT2D eigenvalue weighted by atomic mass is 19.1. The lowest BCUT2D eigenvalue weighted by molar-refractivity contribution is 0.156. The van der Waals surface area contributed by atoms with Gasteiger partial charge in [0.1, 0.15) is 5.82 Å². The van der Waals surface area contributed by atoms with Crippen LogP contribution in [0.2, 0.25) is 0 Å². The van der Waals surface area contributed by atoms with Crippen LogP contribution in [0.1, 0.15) is 30.1 Å². The SMILES string of the molecule is OC1CCCc2cc(-c3ccccc3F)ccc21. The van der Waals surface area contributed by atoms with Crippen LogP contribution in [0.15, 0.2) is 42.5 Å². The highest BCUT2D eigenvalue weighted by Gasteiger charge is 2.18. The molecule has 18 heavy (non-hydrogen) atoms. The van der Waals surface area contributed by atoms with Gasteiger partial charge in [-0.05, 0) is 42.0 Å². The Hall–Kier alpha value is -1.67. The summed E-state index contributed by atoms with van der Waals surface area (Å²) < 4.78 is 13.7. The summed E-state index contributed by atoms with van der Waals surface area (Å²) >= 11 is 0. The van der Waals surface area contributed by atoms with E-state index in [1.807, 2.05) is 24.3 Å². The lowest BCUT2D eigenvalue weighted by Gasteiger charge is -2.22. The Kier molecular flexibility index (Phi) is 2.88. The van der Waals surface area contributed by atoms with E-state index in [4.69, 9.17) is 0 Å². The molecule has 0 spiro atoms. The Morgan fingerprint density at radius 1 is 1.11 bits per heavy atom. The number of aryl methyl sites for hydroxylation is 1. The molecule has 2 aromatic carbocycles. The van der Waals surface area contributed by atoms with Crippen LogP contribution in [0.5, 0.6) is 0 Å². The van der Waals surface area contributed by atoms with Gasteiger partial charge < -0.3 is 5.11 Å². The highest BCUT2D eigenvalue weighted by molar-refractivity contribution is 5.65. The van der Waals surface area contributed by atoms with Crippen molar-refractivity contribution in [2.75, 3.05) is 0 Å². The summed E-state index contributed by atoms with van der Waals surface area (Å²) in [5, 5.41) is 9.90. The predicted molar refractivity (Wildman–Crippen MR) is 69.7 cm³/mol. The third-order valence-electron chi connectivity index (χ3n) is 3.61. The largest absolute Gasteiger partial charge is 0.388 e. The fourth-order valence-corrected chi connectivity index (χ4v) is 2.65. The van der Waals surface area contributed by atoms with Crippen molar-refractivity contribution in [1.82, 2.24) is 0 Å². The van der Waals surface area contributed by atoms with Crippen LogP contribution in [0.4, 0.5) is 4.39 Å². The number of aliphatic hydroxyl groups excluding tert-OH is 1. The van der Waals surface area contributed by atoms with E-state index in [0.717, 1.165) is 36.0 Å². The molecule has 0 fully saturated rings. The number of aliphatic hydroxyl groups is 1. The van der Waals surface area contributed by atoms with Gasteiger partial charge in [0, 0.05) is 5.56 Å². The topological polar surface area (TPSA) is 20.2 Å². The first-order valence-electron chi connectivity index (χ1n) is 6.31. The number of halogens is 1. The lowest BCUT2D eigenvalue weighted by atomic mass is 9.87. The average Bonchev–Trinajstić information content (AvgIpc) is 2.39. The summed E-state index contributed by atoms with van der Waals surface area (Å²) in [6.45, 7) is 0. The van der Waals surface area contributed by atoms with E-state index < -0.39 is 0 Å². The normalized spacial score (nSPS) is 18.4. The Labute approximate surface area is 106 Å². The summed E-state index contributed by atoms with van der Waals surface area (Å²) in [5.41, 5.74) is 3.66. The van der Waals surface area contributed by atoms with Gasteiger partial charge in [-0.15, -0.1) is 0 Å². The molecule has 2 aromatic rings. The molecule has 0 saturated heterocycles. The summed E-state index contributed by atoms with van der Waals surface area (Å²) in [6, 6.07) is 12.6. The third kappa shape index (κ3) is 1.93. The monoisotopic (exact) mass is 242 g/mol. The molecular formula is C16H15FO. The van der Waals surface area contributed by atoms with Gasteiger partial charge in [-0.1, -0.05) is 36.4 Å². The van der Waals surface area contributed by atoms with E-state index in [9.17, 15) is 9.50 Å². The summed E-state index contributed by atoms with van der Waals surface area (Å²) in [4.78, 5) is 0. The first-order valence-corrected chi connectivity index (χ1v) is 6.31. The maximum absolute atomic E-state index is 13.7. The molecule has 1 nitrogen and oxygen atoms in total. The van der Waals surface area contributed by atoms with Crippen molar-refractivity contribution < 1.29 is 9.50 Å². The maximum atomic E-state index is 13.7. The lowest BCUT2D eigenvalue weighted by Crippen LogP contribution is -2.09. The first kappa shape index (κ1) is 11.4. The van der Waals surface area contributed by atoms with Crippen molar-refractivity contribution in [3.63, 3.8) is 0 Å². The van der Waals surface area contributed by atoms with Crippen molar-refractivity contribution >= 4 is 0 Å². The predicted octanol–water partition coefficient (Wildman–Crippen LogP) is 3.86. The second-order valence-corrected chi connectivity index (χ2v) is 4.80. The fraction of sp³-hybridized carbons (Fsp3) is 0.250. The zero-order chi connectivity index (χ0) is 12.5. The average molecular weight is 242 g/mol. The van der Waals surface area contributed by atoms with Gasteiger partial charge in [0.25, 0.3) is 0 Å². The van der Waals surface area contributed by atoms with Gasteiger partial charge in [0.2, 0.25) is 0 Å². The molecule has 1 N–H and O–H groups in total. The summed E-state index contributed by atoms with van der Waals surface area (Å²) in [6.07, 6.45) is 2.43. The Balaban J connectivity index is 2.08. The molecule has 0 aliphatic heterocycles. The van der Waals surface area contributed by atoms with Crippen LogP contribution in [-0.2, 0) is 6.42 Å². The minimum atomic E-state index is -0.358. The van der Waals surface area contributed by atoms with Gasteiger partial charge in [-0.25, -0.2) is 4.39 Å². The Morgan fingerprint density at radius 3 is 2.78 bits per heavy atom. The van der Waals surface area contributed by atoms with E-state index >= 15 is 0 Å². The Morgan fingerprint density at radius 2 is 1.94 bits per heavy atom. The molecule has 0 saturated carbocycles. The van der Waals surface area contributed by atoms with Crippen LogP contribution in [-0.4, -0.2) is 5.11 Å². The van der Waals surface area contributed by atoms with Crippen molar-refractivity contribution in [3.05, 3.63) is 59.4 Å². The van der Waals surface area contributed by atoms with Crippen molar-refractivity contribution in [3.8, 4) is 11.1 Å². The quantitative estimate of drug-likeness (QED) is 0.805. The van der Waals surface area contributed by atoms with Crippen LogP contribution in [0.3, 0.4) is 0 Å². The Bertz CT molecular complexity index is 577. The summed E-state index contributed by atoms with van der Waals surface area (Å²) in [7, 11) is 0. The molecule has 1 aliphatic carbocycles. The number of fused-ring (bicyclic) bond motifs is 1. The molecule has 0 heterocycles. The molecule has 1 aliphatic rings. The van der Waals surface area contributed by atoms with E-state index in [1.54, 1.807) is 12.1 Å². The standard InChI is InChI=1S/C16H15FO/c17-15-6-2-1-5-13(15)12-8-9-14-11(10-12)4-3-7-16(14)18/h1-2,5-6,8-10,16,18H,3-4,7H2. The third-order valence-corrected chi connectivity index (χ3v) is 3.61. The number of hydrogen-bond donors (Lipinski definition) is 1. The molecule has 1 unspecified atom stereocenters. The van der Waals surface area contributed by atoms with Gasteiger partial charge in [0.15, 0.2) is 0 Å². The van der Waals surface area contributed by atoms with Crippen molar-refractivity contribution in [2.45, 2.75) is 25.4 Å². The molecule has 3 rings (SSSR count). The van der Waals surface area contributed by atoms with Gasteiger partial charge in [0.05, 0.1) is 6.10 Å². The smallest absolute Gasteiger partial charge is 0.131 e. The van der Waals surface area contributed by atoms with Gasteiger partial charge in [-0.3, -0.25) is 0 Å². The van der Waals surface area contributed by atoms with Crippen LogP contribution in [0.25, 0.3) is 11.1 Å². The fourth-order valence-electron chi connectivity index (χ4n) is 2.65.